The molecule has 0 spiro atoms. The Morgan fingerprint density at radius 3 is 1.25 bits per heavy atom. The van der Waals surface area contributed by atoms with Gasteiger partial charge in [0, 0.05) is 26.2 Å². The molecule has 0 bridgehead atoms. The summed E-state index contributed by atoms with van der Waals surface area (Å²) in [6, 6.07) is 0. The molecule has 0 radical (unpaired) electrons. The van der Waals surface area contributed by atoms with Gasteiger partial charge in [-0.05, 0) is 0 Å². The molecule has 0 aromatic heterocycles. The van der Waals surface area contributed by atoms with E-state index in [2.05, 4.69) is 9.26 Å². The van der Waals surface area contributed by atoms with Crippen LogP contribution in [-0.4, -0.2) is 0 Å². The fourth-order valence-electron chi connectivity index (χ4n) is 0. The summed E-state index contributed by atoms with van der Waals surface area (Å²) in [5, 5.41) is 0. The zero-order valence-corrected chi connectivity index (χ0v) is 7.92. The van der Waals surface area contributed by atoms with E-state index in [1.165, 1.54) is 0 Å². The van der Waals surface area contributed by atoms with Gasteiger partial charge in [0.15, 0.2) is 0 Å². The van der Waals surface area contributed by atoms with Gasteiger partial charge < -0.3 is 0 Å². The van der Waals surface area contributed by atoms with Crippen molar-refractivity contribution in [3.8, 4) is 0 Å². The van der Waals surface area contributed by atoms with E-state index in [0.717, 1.165) is 0 Å². The first-order chi connectivity index (χ1) is 1.41. The van der Waals surface area contributed by atoms with Gasteiger partial charge in [-0.1, -0.05) is 0 Å². The minimum Gasteiger partial charge on any atom is 0 e. The topological polar surface area (TPSA) is 0 Å². The van der Waals surface area contributed by atoms with Crippen molar-refractivity contribution in [3.05, 3.63) is 0 Å². The van der Waals surface area contributed by atoms with E-state index in [9.17, 15) is 0 Å². The van der Waals surface area contributed by atoms with Crippen molar-refractivity contribution in [1.82, 2.24) is 0 Å². The summed E-state index contributed by atoms with van der Waals surface area (Å²) < 4.78 is 4.59. The predicted molar refractivity (Wildman–Crippen MR) is 11.7 cm³/mol. The van der Waals surface area contributed by atoms with E-state index in [4.69, 9.17) is 0 Å². The van der Waals surface area contributed by atoms with Crippen LogP contribution in [0.15, 0.2) is 0 Å². The van der Waals surface area contributed by atoms with Crippen molar-refractivity contribution in [2.24, 2.45) is 0 Å². The maximum absolute atomic E-state index is 2.30. The molecule has 0 atom stereocenters. The van der Waals surface area contributed by atoms with Gasteiger partial charge in [0.2, 0.25) is 0 Å². The van der Waals surface area contributed by atoms with Gasteiger partial charge in [0.1, 0.15) is 0 Å². The Balaban J connectivity index is 0. The second-order valence-electron chi connectivity index (χ2n) is 0.500. The Kier molecular flexibility index (Phi) is 20.4. The van der Waals surface area contributed by atoms with Crippen molar-refractivity contribution < 1.29 is 49.4 Å². The standard InChI is InChI=1S/2CH3.2Zr/h2*1H3;;. The molecule has 0 heterocycles. The molecule has 0 aliphatic rings. The minimum absolute atomic E-state index is 0. The SMILES string of the molecule is [CH3][Zr][CH3].[Zr]. The van der Waals surface area contributed by atoms with E-state index in [1.54, 1.807) is 0 Å². The van der Waals surface area contributed by atoms with Crippen molar-refractivity contribution in [3.63, 3.8) is 0 Å². The summed E-state index contributed by atoms with van der Waals surface area (Å²) in [5.74, 6) is 0. The van der Waals surface area contributed by atoms with Gasteiger partial charge in [-0.15, -0.1) is 0 Å². The minimum atomic E-state index is 0. The van der Waals surface area contributed by atoms with Gasteiger partial charge in [-0.2, -0.15) is 0 Å². The summed E-state index contributed by atoms with van der Waals surface area (Å²) in [6.07, 6.45) is 0. The molecule has 0 saturated carbocycles. The van der Waals surface area contributed by atoms with E-state index in [-0.39, 0.29) is 49.4 Å². The van der Waals surface area contributed by atoms with Crippen molar-refractivity contribution in [1.29, 1.82) is 0 Å². The molecular weight excluding hydrogens is 206 g/mol. The molecule has 0 amide bonds. The molecule has 0 fully saturated rings. The quantitative estimate of drug-likeness (QED) is 0.565. The summed E-state index contributed by atoms with van der Waals surface area (Å²) in [6.45, 7) is 0. The fourth-order valence-corrected chi connectivity index (χ4v) is 0. The molecule has 0 aromatic carbocycles. The van der Waals surface area contributed by atoms with Crippen molar-refractivity contribution >= 4 is 0 Å². The molecule has 0 N–H and O–H groups in total. The third-order valence-electron chi connectivity index (χ3n) is 0. The van der Waals surface area contributed by atoms with Crippen LogP contribution in [0.2, 0.25) is 9.26 Å². The summed E-state index contributed by atoms with van der Waals surface area (Å²) in [4.78, 5) is 0. The first-order valence-electron chi connectivity index (χ1n) is 1.00. The third kappa shape index (κ3) is 9.24. The molecule has 2 heteroatoms. The average molecular weight is 213 g/mol. The Labute approximate surface area is 58.0 Å². The first kappa shape index (κ1) is 9.23. The van der Waals surface area contributed by atoms with Gasteiger partial charge in [0.05, 0.1) is 0 Å². The summed E-state index contributed by atoms with van der Waals surface area (Å²) in [7, 11) is 0. The second kappa shape index (κ2) is 8.84. The Morgan fingerprint density at radius 1 is 1.25 bits per heavy atom. The molecule has 0 saturated heterocycles. The monoisotopic (exact) mass is 210 g/mol. The van der Waals surface area contributed by atoms with Gasteiger partial charge in [0.25, 0.3) is 0 Å². The van der Waals surface area contributed by atoms with Crippen LogP contribution in [0.25, 0.3) is 0 Å². The maximum Gasteiger partial charge on any atom is 0 e. The molecule has 0 aliphatic carbocycles. The summed E-state index contributed by atoms with van der Waals surface area (Å²) in [5.41, 5.74) is 0. The van der Waals surface area contributed by atoms with Crippen LogP contribution in [0.5, 0.6) is 0 Å². The van der Waals surface area contributed by atoms with Crippen LogP contribution in [0.4, 0.5) is 0 Å². The molecule has 0 aliphatic heterocycles. The van der Waals surface area contributed by atoms with E-state index >= 15 is 0 Å². The third-order valence-corrected chi connectivity index (χ3v) is 0. The van der Waals surface area contributed by atoms with Gasteiger partial charge >= 0.3 is 32.5 Å². The molecule has 0 aromatic rings. The number of rotatable bonds is 0. The molecule has 0 rings (SSSR count). The van der Waals surface area contributed by atoms with Crippen molar-refractivity contribution in [2.45, 2.75) is 9.26 Å². The molecular formula is C2H6Zr2. The van der Waals surface area contributed by atoms with Crippen LogP contribution >= 0.6 is 0 Å². The normalized spacial score (nSPS) is 3.50. The second-order valence-corrected chi connectivity index (χ2v) is 2.96. The van der Waals surface area contributed by atoms with Crippen LogP contribution in [0, 0.1) is 0 Å². The smallest absolute Gasteiger partial charge is 0 e. The molecule has 4 heavy (non-hydrogen) atoms. The van der Waals surface area contributed by atoms with Crippen LogP contribution in [0.3, 0.4) is 0 Å². The number of hydrogen-bond donors (Lipinski definition) is 0. The van der Waals surface area contributed by atoms with Gasteiger partial charge in [-0.3, -0.25) is 0 Å². The average Bonchev–Trinajstić information content (AvgIpc) is 0.918. The largest absolute Gasteiger partial charge is 0 e. The maximum atomic E-state index is 2.30. The van der Waals surface area contributed by atoms with E-state index in [1.807, 2.05) is 0 Å². The van der Waals surface area contributed by atoms with Crippen LogP contribution < -0.4 is 0 Å². The zero-order chi connectivity index (χ0) is 2.71. The van der Waals surface area contributed by atoms with Crippen LogP contribution in [0.1, 0.15) is 0 Å². The zero-order valence-electron chi connectivity index (χ0n) is 3.00. The van der Waals surface area contributed by atoms with Crippen molar-refractivity contribution in [2.75, 3.05) is 0 Å². The van der Waals surface area contributed by atoms with Gasteiger partial charge in [-0.25, -0.2) is 0 Å². The van der Waals surface area contributed by atoms with E-state index in [0.29, 0.717) is 0 Å². The van der Waals surface area contributed by atoms with Crippen LogP contribution in [-0.2, 0) is 49.4 Å². The van der Waals surface area contributed by atoms with E-state index < -0.39 is 0 Å². The molecule has 0 nitrogen and oxygen atoms in total. The Bertz CT molecular complexity index is 4.00. The fraction of sp³-hybridized carbons (Fsp3) is 1.00. The molecule has 22 valence electrons. The molecule has 0 unspecified atom stereocenters. The Morgan fingerprint density at radius 2 is 1.25 bits per heavy atom. The first-order valence-corrected chi connectivity index (χ1v) is 5.92. The summed E-state index contributed by atoms with van der Waals surface area (Å²) >= 11 is 0.230. The number of hydrogen-bond acceptors (Lipinski definition) is 0. The Hall–Kier alpha value is 1.77. The predicted octanol–water partition coefficient (Wildman–Crippen LogP) is 1.16.